The molecule has 7 heteroatoms. The molecule has 4 amide bonds. The third-order valence-electron chi connectivity index (χ3n) is 3.47. The van der Waals surface area contributed by atoms with Gasteiger partial charge in [0.25, 0.3) is 0 Å². The monoisotopic (exact) mass is 307 g/mol. The molecule has 0 aliphatic carbocycles. The third kappa shape index (κ3) is 4.11. The number of methoxy groups -OCH3 is 1. The summed E-state index contributed by atoms with van der Waals surface area (Å²) in [5, 5.41) is 15.5. The Morgan fingerprint density at radius 1 is 1.45 bits per heavy atom. The lowest BCUT2D eigenvalue weighted by atomic mass is 9.96. The molecule has 1 aromatic rings. The summed E-state index contributed by atoms with van der Waals surface area (Å²) in [6, 6.07) is 6.46. The molecule has 1 aliphatic rings. The van der Waals surface area contributed by atoms with E-state index in [9.17, 15) is 14.7 Å². The first-order valence-corrected chi connectivity index (χ1v) is 7.10. The summed E-state index contributed by atoms with van der Waals surface area (Å²) in [7, 11) is 1.59. The molecule has 0 spiro atoms. The molecule has 1 heterocycles. The Balaban J connectivity index is 1.87. The predicted molar refractivity (Wildman–Crippen MR) is 80.8 cm³/mol. The van der Waals surface area contributed by atoms with Crippen LogP contribution in [-0.4, -0.2) is 54.4 Å². The Labute approximate surface area is 129 Å². The fourth-order valence-corrected chi connectivity index (χ4v) is 2.27. The summed E-state index contributed by atoms with van der Waals surface area (Å²) < 4.78 is 5.08. The van der Waals surface area contributed by atoms with Gasteiger partial charge in [0.2, 0.25) is 0 Å². The Hall–Kier alpha value is -2.28. The number of benzene rings is 1. The van der Waals surface area contributed by atoms with Gasteiger partial charge in [0, 0.05) is 26.1 Å². The van der Waals surface area contributed by atoms with Crippen LogP contribution in [0, 0.1) is 0 Å². The number of carbonyl (C=O) groups is 2. The molecule has 1 atom stereocenters. The van der Waals surface area contributed by atoms with Crippen molar-refractivity contribution in [1.29, 1.82) is 0 Å². The minimum Gasteiger partial charge on any atom is -0.497 e. The molecular weight excluding hydrogens is 286 g/mol. The van der Waals surface area contributed by atoms with Gasteiger partial charge in [0.1, 0.15) is 5.75 Å². The predicted octanol–water partition coefficient (Wildman–Crippen LogP) is 0.723. The van der Waals surface area contributed by atoms with Crippen LogP contribution in [-0.2, 0) is 6.42 Å². The largest absolute Gasteiger partial charge is 0.497 e. The maximum atomic E-state index is 11.9. The summed E-state index contributed by atoms with van der Waals surface area (Å²) >= 11 is 0. The highest BCUT2D eigenvalue weighted by Gasteiger charge is 2.28. The second kappa shape index (κ2) is 6.65. The Morgan fingerprint density at radius 2 is 2.14 bits per heavy atom. The second-order valence-corrected chi connectivity index (χ2v) is 5.56. The van der Waals surface area contributed by atoms with E-state index in [0.717, 1.165) is 16.2 Å². The average molecular weight is 307 g/mol. The molecule has 1 saturated heterocycles. The van der Waals surface area contributed by atoms with E-state index in [-0.39, 0.29) is 6.54 Å². The Kier molecular flexibility index (Phi) is 4.87. The molecule has 1 aliphatic heterocycles. The number of amides is 4. The summed E-state index contributed by atoms with van der Waals surface area (Å²) in [6.45, 7) is 2.49. The molecule has 3 N–H and O–H groups in total. The van der Waals surface area contributed by atoms with Gasteiger partial charge in [-0.05, 0) is 24.6 Å². The first-order valence-electron chi connectivity index (χ1n) is 7.10. The van der Waals surface area contributed by atoms with Gasteiger partial charge < -0.3 is 20.5 Å². The number of nitrogens with one attached hydrogen (secondary N) is 2. The number of urea groups is 2. The van der Waals surface area contributed by atoms with Crippen molar-refractivity contribution in [3.63, 3.8) is 0 Å². The lowest BCUT2D eigenvalue weighted by Gasteiger charge is -2.25. The molecule has 7 nitrogen and oxygen atoms in total. The normalized spacial score (nSPS) is 16.9. The van der Waals surface area contributed by atoms with Gasteiger partial charge in [-0.2, -0.15) is 0 Å². The van der Waals surface area contributed by atoms with Gasteiger partial charge in [-0.25, -0.2) is 14.5 Å². The third-order valence-corrected chi connectivity index (χ3v) is 3.47. The highest BCUT2D eigenvalue weighted by atomic mass is 16.5. The molecule has 1 fully saturated rings. The topological polar surface area (TPSA) is 90.9 Å². The number of ether oxygens (including phenoxy) is 1. The number of rotatable bonds is 5. The van der Waals surface area contributed by atoms with Crippen molar-refractivity contribution >= 4 is 12.1 Å². The van der Waals surface area contributed by atoms with E-state index >= 15 is 0 Å². The zero-order valence-corrected chi connectivity index (χ0v) is 12.8. The number of nitrogens with zero attached hydrogens (tertiary/aromatic N) is 1. The van der Waals surface area contributed by atoms with Gasteiger partial charge in [0.15, 0.2) is 0 Å². The summed E-state index contributed by atoms with van der Waals surface area (Å²) in [5.41, 5.74) is -0.181. The molecule has 2 rings (SSSR count). The van der Waals surface area contributed by atoms with E-state index in [0.29, 0.717) is 19.5 Å². The van der Waals surface area contributed by atoms with Gasteiger partial charge >= 0.3 is 12.1 Å². The minimum atomic E-state index is -1.11. The maximum Gasteiger partial charge on any atom is 0.325 e. The van der Waals surface area contributed by atoms with Crippen molar-refractivity contribution < 1.29 is 19.4 Å². The van der Waals surface area contributed by atoms with Crippen molar-refractivity contribution in [1.82, 2.24) is 15.5 Å². The fraction of sp³-hybridized carbons (Fsp3) is 0.467. The Bertz CT molecular complexity index is 542. The first-order chi connectivity index (χ1) is 10.4. The number of aliphatic hydroxyl groups is 1. The Morgan fingerprint density at radius 3 is 2.68 bits per heavy atom. The molecule has 0 bridgehead atoms. The van der Waals surface area contributed by atoms with E-state index in [4.69, 9.17) is 4.74 Å². The van der Waals surface area contributed by atoms with Crippen LogP contribution in [0.25, 0.3) is 0 Å². The molecule has 0 aromatic heterocycles. The van der Waals surface area contributed by atoms with Crippen LogP contribution in [0.15, 0.2) is 24.3 Å². The van der Waals surface area contributed by atoms with Crippen LogP contribution >= 0.6 is 0 Å². The molecule has 1 aromatic carbocycles. The van der Waals surface area contributed by atoms with E-state index in [1.807, 2.05) is 24.3 Å². The van der Waals surface area contributed by atoms with Crippen molar-refractivity contribution in [2.45, 2.75) is 18.9 Å². The van der Waals surface area contributed by atoms with Crippen LogP contribution in [0.3, 0.4) is 0 Å². The van der Waals surface area contributed by atoms with Crippen LogP contribution in [0.2, 0.25) is 0 Å². The standard InChI is InChI=1S/C15H21N3O4/c1-15(21,9-11-3-5-12(22-2)6-4-11)10-17-14(20)18-8-7-16-13(18)19/h3-6,21H,7-10H2,1-2H3,(H,16,19)(H,17,20)/t15-/m1/s1. The summed E-state index contributed by atoms with van der Waals surface area (Å²) in [6.07, 6.45) is 0.378. The van der Waals surface area contributed by atoms with E-state index in [2.05, 4.69) is 10.6 Å². The van der Waals surface area contributed by atoms with Crippen molar-refractivity contribution in [2.24, 2.45) is 0 Å². The lowest BCUT2D eigenvalue weighted by Crippen LogP contribution is -2.48. The average Bonchev–Trinajstić information content (AvgIpc) is 2.91. The van der Waals surface area contributed by atoms with Crippen molar-refractivity contribution in [3.8, 4) is 5.75 Å². The quantitative estimate of drug-likeness (QED) is 0.748. The van der Waals surface area contributed by atoms with Crippen molar-refractivity contribution in [2.75, 3.05) is 26.7 Å². The van der Waals surface area contributed by atoms with Crippen LogP contribution in [0.5, 0.6) is 5.75 Å². The highest BCUT2D eigenvalue weighted by molar-refractivity contribution is 5.94. The SMILES string of the molecule is COc1ccc(C[C@@](C)(O)CNC(=O)N2CCNC2=O)cc1. The first kappa shape index (κ1) is 16.1. The van der Waals surface area contributed by atoms with E-state index < -0.39 is 17.7 Å². The molecule has 0 radical (unpaired) electrons. The smallest absolute Gasteiger partial charge is 0.325 e. The number of imide groups is 1. The highest BCUT2D eigenvalue weighted by Crippen LogP contribution is 2.16. The van der Waals surface area contributed by atoms with Gasteiger partial charge in [-0.15, -0.1) is 0 Å². The molecule has 120 valence electrons. The summed E-state index contributed by atoms with van der Waals surface area (Å²) in [5.74, 6) is 0.747. The zero-order chi connectivity index (χ0) is 16.2. The number of hydrogen-bond donors (Lipinski definition) is 3. The lowest BCUT2D eigenvalue weighted by molar-refractivity contribution is 0.0612. The van der Waals surface area contributed by atoms with Gasteiger partial charge in [0.05, 0.1) is 12.7 Å². The molecule has 0 unspecified atom stereocenters. The van der Waals surface area contributed by atoms with Gasteiger partial charge in [-0.1, -0.05) is 12.1 Å². The second-order valence-electron chi connectivity index (χ2n) is 5.56. The van der Waals surface area contributed by atoms with E-state index in [1.54, 1.807) is 14.0 Å². The maximum absolute atomic E-state index is 11.9. The zero-order valence-electron chi connectivity index (χ0n) is 12.8. The molecule has 22 heavy (non-hydrogen) atoms. The fourth-order valence-electron chi connectivity index (χ4n) is 2.27. The molecular formula is C15H21N3O4. The van der Waals surface area contributed by atoms with Crippen LogP contribution in [0.1, 0.15) is 12.5 Å². The number of hydrogen-bond acceptors (Lipinski definition) is 4. The minimum absolute atomic E-state index is 0.0572. The van der Waals surface area contributed by atoms with Crippen LogP contribution in [0.4, 0.5) is 9.59 Å². The van der Waals surface area contributed by atoms with Gasteiger partial charge in [-0.3, -0.25) is 0 Å². The van der Waals surface area contributed by atoms with Crippen molar-refractivity contribution in [3.05, 3.63) is 29.8 Å². The van der Waals surface area contributed by atoms with Crippen LogP contribution < -0.4 is 15.4 Å². The number of carbonyl (C=O) groups excluding carboxylic acids is 2. The van der Waals surface area contributed by atoms with E-state index in [1.165, 1.54) is 0 Å². The summed E-state index contributed by atoms with van der Waals surface area (Å²) in [4.78, 5) is 24.3. The molecule has 0 saturated carbocycles.